The van der Waals surface area contributed by atoms with Crippen molar-refractivity contribution in [2.75, 3.05) is 39.9 Å². The van der Waals surface area contributed by atoms with Gasteiger partial charge in [0.2, 0.25) is 11.7 Å². The number of anilines is 1. The summed E-state index contributed by atoms with van der Waals surface area (Å²) in [7, 11) is 6.36. The van der Waals surface area contributed by atoms with Gasteiger partial charge in [-0.2, -0.15) is 12.6 Å². The number of methoxy groups -OCH3 is 4. The number of hydrogen-bond acceptors (Lipinski definition) is 8. The summed E-state index contributed by atoms with van der Waals surface area (Å²) >= 11 is 3.73. The van der Waals surface area contributed by atoms with Crippen molar-refractivity contribution in [1.29, 1.82) is 0 Å². The summed E-state index contributed by atoms with van der Waals surface area (Å²) in [5.74, 6) is 2.27. The summed E-state index contributed by atoms with van der Waals surface area (Å²) in [6.07, 6.45) is 3.90. The summed E-state index contributed by atoms with van der Waals surface area (Å²) < 4.78 is 21.2. The minimum atomic E-state index is -0.594. The van der Waals surface area contributed by atoms with Crippen LogP contribution in [0.1, 0.15) is 11.1 Å². The summed E-state index contributed by atoms with van der Waals surface area (Å²) in [4.78, 5) is 9.98. The van der Waals surface area contributed by atoms with Gasteiger partial charge in [-0.05, 0) is 35.4 Å². The Bertz CT molecular complexity index is 849. The standard InChI is InChI=1S/C18H21NO4.C3H8N2OS/c1-20-15-8-7-12(9-14(15)19)5-6-13-10-16(21-2)18(23-4)17(11-13)22-3;4-2(1-7)3(5)6/h5-11H,19H2,1-4H3;2,7H,1,4H2,(H2,5,6)/b6-5-;/t;2-/m.1/s1. The van der Waals surface area contributed by atoms with E-state index in [1.165, 1.54) is 0 Å². The van der Waals surface area contributed by atoms with Gasteiger partial charge in [0.05, 0.1) is 40.2 Å². The van der Waals surface area contributed by atoms with Crippen molar-refractivity contribution < 1.29 is 23.7 Å². The lowest BCUT2D eigenvalue weighted by atomic mass is 10.1. The molecule has 2 aromatic carbocycles. The third-order valence-electron chi connectivity index (χ3n) is 3.97. The first-order chi connectivity index (χ1) is 14.3. The van der Waals surface area contributed by atoms with Crippen LogP contribution in [0.3, 0.4) is 0 Å². The van der Waals surface area contributed by atoms with E-state index in [2.05, 4.69) is 12.6 Å². The van der Waals surface area contributed by atoms with Crippen LogP contribution < -0.4 is 36.1 Å². The minimum absolute atomic E-state index is 0.315. The van der Waals surface area contributed by atoms with Crippen LogP contribution in [-0.4, -0.2) is 46.1 Å². The lowest BCUT2D eigenvalue weighted by Gasteiger charge is -2.12. The van der Waals surface area contributed by atoms with Gasteiger partial charge in [-0.15, -0.1) is 0 Å². The number of ether oxygens (including phenoxy) is 4. The van der Waals surface area contributed by atoms with Crippen LogP contribution in [0.15, 0.2) is 30.3 Å². The molecular weight excluding hydrogens is 406 g/mol. The molecule has 2 rings (SSSR count). The molecule has 0 aromatic heterocycles. The number of carbonyl (C=O) groups excluding carboxylic acids is 1. The van der Waals surface area contributed by atoms with Crippen molar-refractivity contribution >= 4 is 36.4 Å². The van der Waals surface area contributed by atoms with Gasteiger partial charge < -0.3 is 36.1 Å². The number of hydrogen-bond donors (Lipinski definition) is 4. The van der Waals surface area contributed by atoms with E-state index < -0.39 is 11.9 Å². The highest BCUT2D eigenvalue weighted by Crippen LogP contribution is 2.38. The van der Waals surface area contributed by atoms with Gasteiger partial charge in [-0.25, -0.2) is 0 Å². The van der Waals surface area contributed by atoms with Gasteiger partial charge in [0, 0.05) is 5.75 Å². The number of rotatable bonds is 8. The highest BCUT2D eigenvalue weighted by molar-refractivity contribution is 7.80. The van der Waals surface area contributed by atoms with E-state index in [-0.39, 0.29) is 0 Å². The summed E-state index contributed by atoms with van der Waals surface area (Å²) in [5, 5.41) is 0. The van der Waals surface area contributed by atoms with Gasteiger partial charge in [0.1, 0.15) is 5.75 Å². The topological polar surface area (TPSA) is 132 Å². The maximum absolute atomic E-state index is 9.98. The zero-order valence-corrected chi connectivity index (χ0v) is 18.4. The maximum atomic E-state index is 9.98. The van der Waals surface area contributed by atoms with E-state index in [0.29, 0.717) is 34.4 Å². The second-order valence-corrected chi connectivity index (χ2v) is 6.35. The van der Waals surface area contributed by atoms with E-state index in [0.717, 1.165) is 11.1 Å². The Labute approximate surface area is 182 Å². The fourth-order valence-corrected chi connectivity index (χ4v) is 2.52. The molecule has 0 radical (unpaired) electrons. The lowest BCUT2D eigenvalue weighted by Crippen LogP contribution is -2.37. The van der Waals surface area contributed by atoms with E-state index in [4.69, 9.17) is 36.1 Å². The molecule has 0 saturated heterocycles. The molecule has 0 unspecified atom stereocenters. The largest absolute Gasteiger partial charge is 0.495 e. The van der Waals surface area contributed by atoms with Crippen LogP contribution in [0.2, 0.25) is 0 Å². The first-order valence-electron chi connectivity index (χ1n) is 8.88. The highest BCUT2D eigenvalue weighted by atomic mass is 32.1. The quantitative estimate of drug-likeness (QED) is 0.284. The molecule has 164 valence electrons. The average Bonchev–Trinajstić information content (AvgIpc) is 2.76. The normalized spacial score (nSPS) is 11.3. The van der Waals surface area contributed by atoms with Gasteiger partial charge in [-0.1, -0.05) is 18.2 Å². The second kappa shape index (κ2) is 12.5. The Balaban J connectivity index is 0.000000553. The predicted molar refractivity (Wildman–Crippen MR) is 123 cm³/mol. The van der Waals surface area contributed by atoms with Crippen molar-refractivity contribution in [2.24, 2.45) is 11.5 Å². The van der Waals surface area contributed by atoms with Crippen LogP contribution in [0, 0.1) is 0 Å². The summed E-state index contributed by atoms with van der Waals surface area (Å²) in [5.41, 5.74) is 18.2. The Kier molecular flexibility index (Phi) is 10.4. The predicted octanol–water partition coefficient (Wildman–Crippen LogP) is 2.20. The second-order valence-electron chi connectivity index (χ2n) is 5.98. The van der Waals surface area contributed by atoms with E-state index in [1.807, 2.05) is 42.5 Å². The highest BCUT2D eigenvalue weighted by Gasteiger charge is 2.12. The smallest absolute Gasteiger partial charge is 0.235 e. The van der Waals surface area contributed by atoms with Gasteiger partial charge in [0.25, 0.3) is 0 Å². The van der Waals surface area contributed by atoms with E-state index in [1.54, 1.807) is 28.4 Å². The summed E-state index contributed by atoms with van der Waals surface area (Å²) in [6.45, 7) is 0. The van der Waals surface area contributed by atoms with Crippen molar-refractivity contribution in [3.63, 3.8) is 0 Å². The van der Waals surface area contributed by atoms with Crippen LogP contribution in [0.5, 0.6) is 23.0 Å². The molecule has 0 fully saturated rings. The Morgan fingerprint density at radius 2 is 1.47 bits per heavy atom. The first-order valence-corrected chi connectivity index (χ1v) is 9.51. The fourth-order valence-electron chi connectivity index (χ4n) is 2.34. The van der Waals surface area contributed by atoms with Crippen molar-refractivity contribution in [1.82, 2.24) is 0 Å². The molecule has 0 aliphatic carbocycles. The fraction of sp³-hybridized carbons (Fsp3) is 0.286. The zero-order valence-electron chi connectivity index (χ0n) is 17.5. The number of thiol groups is 1. The Morgan fingerprint density at radius 3 is 1.83 bits per heavy atom. The van der Waals surface area contributed by atoms with Gasteiger partial charge >= 0.3 is 0 Å². The van der Waals surface area contributed by atoms with Crippen LogP contribution >= 0.6 is 12.6 Å². The first kappa shape index (κ1) is 25.0. The van der Waals surface area contributed by atoms with Crippen molar-refractivity contribution in [3.8, 4) is 23.0 Å². The Morgan fingerprint density at radius 1 is 0.933 bits per heavy atom. The molecule has 1 atom stereocenters. The maximum Gasteiger partial charge on any atom is 0.235 e. The third kappa shape index (κ3) is 7.09. The number of benzene rings is 2. The van der Waals surface area contributed by atoms with Crippen LogP contribution in [0.25, 0.3) is 12.2 Å². The molecule has 2 aromatic rings. The molecule has 1 amide bonds. The number of primary amides is 1. The monoisotopic (exact) mass is 435 g/mol. The van der Waals surface area contributed by atoms with Gasteiger partial charge in [0.15, 0.2) is 11.5 Å². The number of amides is 1. The molecule has 0 saturated carbocycles. The lowest BCUT2D eigenvalue weighted by molar-refractivity contribution is -0.118. The summed E-state index contributed by atoms with van der Waals surface area (Å²) in [6, 6.07) is 8.79. The van der Waals surface area contributed by atoms with E-state index in [9.17, 15) is 4.79 Å². The molecule has 0 aliphatic heterocycles. The van der Waals surface area contributed by atoms with Crippen molar-refractivity contribution in [3.05, 3.63) is 41.5 Å². The van der Waals surface area contributed by atoms with Crippen molar-refractivity contribution in [2.45, 2.75) is 6.04 Å². The molecule has 0 aliphatic rings. The molecule has 0 bridgehead atoms. The van der Waals surface area contributed by atoms with E-state index >= 15 is 0 Å². The van der Waals surface area contributed by atoms with Crippen LogP contribution in [0.4, 0.5) is 5.69 Å². The molecule has 8 nitrogen and oxygen atoms in total. The molecule has 9 heteroatoms. The molecule has 30 heavy (non-hydrogen) atoms. The third-order valence-corrected chi connectivity index (χ3v) is 4.36. The molecular formula is C21H29N3O5S. The van der Waals surface area contributed by atoms with Gasteiger partial charge in [-0.3, -0.25) is 4.79 Å². The number of nitrogens with two attached hydrogens (primary N) is 3. The molecule has 0 spiro atoms. The molecule has 0 heterocycles. The number of carbonyl (C=O) groups is 1. The Hall–Kier alpha value is -3.04. The van der Waals surface area contributed by atoms with Crippen LogP contribution in [-0.2, 0) is 4.79 Å². The number of nitrogen functional groups attached to an aromatic ring is 1. The average molecular weight is 436 g/mol. The SMILES string of the molecule is COc1ccc(/C=C\c2cc(OC)c(OC)c(OC)c2)cc1N.NC(=O)[C@H](N)CS. The minimum Gasteiger partial charge on any atom is -0.495 e. The molecule has 6 N–H and O–H groups in total. The zero-order chi connectivity index (χ0) is 22.7.